The molecule has 22 heavy (non-hydrogen) atoms. The van der Waals surface area contributed by atoms with E-state index in [1.807, 2.05) is 0 Å². The van der Waals surface area contributed by atoms with E-state index in [-0.39, 0.29) is 0 Å². The van der Waals surface area contributed by atoms with Gasteiger partial charge in [-0.25, -0.2) is 0 Å². The van der Waals surface area contributed by atoms with E-state index in [2.05, 4.69) is 43.3 Å². The van der Waals surface area contributed by atoms with E-state index in [4.69, 9.17) is 4.74 Å². The minimum atomic E-state index is 0.508. The van der Waals surface area contributed by atoms with Crippen LogP contribution in [0.5, 0.6) is 5.75 Å². The normalized spacial score (nSPS) is 15.5. The number of rotatable bonds is 7. The number of ether oxygens (including phenoxy) is 1. The molecule has 1 aliphatic rings. The molecule has 2 aromatic rings. The molecule has 0 saturated carbocycles. The van der Waals surface area contributed by atoms with Crippen molar-refractivity contribution in [2.45, 2.75) is 50.3 Å². The molecule has 0 radical (unpaired) electrons. The maximum atomic E-state index is 5.89. The van der Waals surface area contributed by atoms with E-state index in [0.29, 0.717) is 10.9 Å². The largest absolute Gasteiger partial charge is 0.494 e. The standard InChI is InChI=1S/C20H27OS/c1-2-3-4-5-12-21-19-10-8-18-16-20(11-9-17(18)15-19)22-13-6-7-14-22/h8-11,15-16H,2-7,12-14H2,1H3/q+1. The number of hydrogen-bond acceptors (Lipinski definition) is 1. The summed E-state index contributed by atoms with van der Waals surface area (Å²) >= 11 is 0. The van der Waals surface area contributed by atoms with Gasteiger partial charge >= 0.3 is 0 Å². The first-order valence-corrected chi connectivity index (χ1v) is 10.3. The summed E-state index contributed by atoms with van der Waals surface area (Å²) < 4.78 is 5.89. The van der Waals surface area contributed by atoms with Crippen LogP contribution in [-0.2, 0) is 10.9 Å². The SMILES string of the molecule is CCCCCCOc1ccc2cc([S+]3CCCC3)ccc2c1. The second-order valence-electron chi connectivity index (χ2n) is 6.19. The lowest BCUT2D eigenvalue weighted by Gasteiger charge is -2.08. The Balaban J connectivity index is 1.64. The molecule has 0 aliphatic carbocycles. The molecule has 118 valence electrons. The molecule has 2 heteroatoms. The minimum Gasteiger partial charge on any atom is -0.494 e. The average Bonchev–Trinajstić information content (AvgIpc) is 3.08. The van der Waals surface area contributed by atoms with Crippen molar-refractivity contribution in [1.29, 1.82) is 0 Å². The fourth-order valence-electron chi connectivity index (χ4n) is 3.08. The quantitative estimate of drug-likeness (QED) is 0.479. The van der Waals surface area contributed by atoms with E-state index in [0.717, 1.165) is 18.8 Å². The lowest BCUT2D eigenvalue weighted by Crippen LogP contribution is -2.03. The van der Waals surface area contributed by atoms with Crippen LogP contribution in [-0.4, -0.2) is 18.1 Å². The Bertz CT molecular complexity index is 602. The lowest BCUT2D eigenvalue weighted by molar-refractivity contribution is 0.305. The van der Waals surface area contributed by atoms with Crippen LogP contribution in [0.25, 0.3) is 10.8 Å². The molecule has 0 unspecified atom stereocenters. The number of hydrogen-bond donors (Lipinski definition) is 0. The zero-order chi connectivity index (χ0) is 15.2. The summed E-state index contributed by atoms with van der Waals surface area (Å²) in [5.74, 6) is 3.80. The second kappa shape index (κ2) is 7.92. The first-order valence-electron chi connectivity index (χ1n) is 8.71. The number of fused-ring (bicyclic) bond motifs is 1. The highest BCUT2D eigenvalue weighted by atomic mass is 32.2. The van der Waals surface area contributed by atoms with Gasteiger partial charge in [0.25, 0.3) is 0 Å². The maximum absolute atomic E-state index is 5.89. The van der Waals surface area contributed by atoms with Crippen LogP contribution < -0.4 is 4.74 Å². The Morgan fingerprint density at radius 1 is 0.909 bits per heavy atom. The molecular formula is C20H27OS+. The third kappa shape index (κ3) is 3.98. The van der Waals surface area contributed by atoms with Crippen molar-refractivity contribution in [1.82, 2.24) is 0 Å². The van der Waals surface area contributed by atoms with Crippen molar-refractivity contribution in [2.24, 2.45) is 0 Å². The van der Waals surface area contributed by atoms with Crippen LogP contribution in [0.4, 0.5) is 0 Å². The molecule has 0 atom stereocenters. The smallest absolute Gasteiger partial charge is 0.155 e. The van der Waals surface area contributed by atoms with Gasteiger partial charge < -0.3 is 4.74 Å². The molecule has 0 aromatic heterocycles. The summed E-state index contributed by atoms with van der Waals surface area (Å²) in [5.41, 5.74) is 0. The predicted octanol–water partition coefficient (Wildman–Crippen LogP) is 5.57. The van der Waals surface area contributed by atoms with Crippen molar-refractivity contribution in [2.75, 3.05) is 18.1 Å². The first-order chi connectivity index (χ1) is 10.9. The summed E-state index contributed by atoms with van der Waals surface area (Å²) in [7, 11) is 0.508. The van der Waals surface area contributed by atoms with Crippen molar-refractivity contribution in [3.05, 3.63) is 36.4 Å². The van der Waals surface area contributed by atoms with Crippen LogP contribution in [0.15, 0.2) is 41.3 Å². The van der Waals surface area contributed by atoms with E-state index >= 15 is 0 Å². The Kier molecular flexibility index (Phi) is 5.66. The summed E-state index contributed by atoms with van der Waals surface area (Å²) in [6, 6.07) is 13.6. The van der Waals surface area contributed by atoms with Crippen LogP contribution in [0.1, 0.15) is 45.4 Å². The molecule has 3 rings (SSSR count). The molecule has 0 N–H and O–H groups in total. The van der Waals surface area contributed by atoms with Crippen LogP contribution >= 0.6 is 0 Å². The molecule has 2 aromatic carbocycles. The van der Waals surface area contributed by atoms with Crippen LogP contribution in [0, 0.1) is 0 Å². The molecule has 1 saturated heterocycles. The van der Waals surface area contributed by atoms with Crippen molar-refractivity contribution in [3.63, 3.8) is 0 Å². The van der Waals surface area contributed by atoms with Gasteiger partial charge in [0, 0.05) is 17.0 Å². The van der Waals surface area contributed by atoms with Gasteiger partial charge in [0.2, 0.25) is 0 Å². The number of benzene rings is 2. The molecule has 0 bridgehead atoms. The van der Waals surface area contributed by atoms with E-state index in [1.54, 1.807) is 4.90 Å². The second-order valence-corrected chi connectivity index (χ2v) is 8.46. The van der Waals surface area contributed by atoms with Gasteiger partial charge in [-0.05, 0) is 54.3 Å². The molecular weight excluding hydrogens is 288 g/mol. The summed E-state index contributed by atoms with van der Waals surface area (Å²) in [5, 5.41) is 2.66. The number of unbranched alkanes of at least 4 members (excludes halogenated alkanes) is 3. The highest BCUT2D eigenvalue weighted by Gasteiger charge is 2.26. The highest BCUT2D eigenvalue weighted by molar-refractivity contribution is 7.97. The molecule has 1 aliphatic heterocycles. The zero-order valence-corrected chi connectivity index (χ0v) is 14.5. The zero-order valence-electron chi connectivity index (χ0n) is 13.6. The summed E-state index contributed by atoms with van der Waals surface area (Å²) in [4.78, 5) is 1.55. The van der Waals surface area contributed by atoms with Gasteiger partial charge in [-0.3, -0.25) is 0 Å². The molecule has 1 nitrogen and oxygen atoms in total. The molecule has 1 fully saturated rings. The summed E-state index contributed by atoms with van der Waals surface area (Å²) in [6.07, 6.45) is 7.84. The molecule has 1 heterocycles. The fraction of sp³-hybridized carbons (Fsp3) is 0.500. The predicted molar refractivity (Wildman–Crippen MR) is 98.2 cm³/mol. The van der Waals surface area contributed by atoms with Gasteiger partial charge in [0.05, 0.1) is 6.61 Å². The Labute approximate surface area is 137 Å². The van der Waals surface area contributed by atoms with E-state index < -0.39 is 0 Å². The molecule has 0 spiro atoms. The Morgan fingerprint density at radius 3 is 2.50 bits per heavy atom. The topological polar surface area (TPSA) is 9.23 Å². The maximum Gasteiger partial charge on any atom is 0.155 e. The van der Waals surface area contributed by atoms with Gasteiger partial charge in [-0.1, -0.05) is 32.3 Å². The van der Waals surface area contributed by atoms with E-state index in [1.165, 1.54) is 54.4 Å². The van der Waals surface area contributed by atoms with Crippen molar-refractivity contribution >= 4 is 21.7 Å². The lowest BCUT2D eigenvalue weighted by atomic mass is 10.1. The molecule has 0 amide bonds. The highest BCUT2D eigenvalue weighted by Crippen LogP contribution is 2.28. The monoisotopic (exact) mass is 315 g/mol. The Hall–Kier alpha value is -1.15. The fourth-order valence-corrected chi connectivity index (χ4v) is 5.42. The first kappa shape index (κ1) is 15.7. The van der Waals surface area contributed by atoms with Crippen LogP contribution in [0.2, 0.25) is 0 Å². The average molecular weight is 316 g/mol. The van der Waals surface area contributed by atoms with Crippen molar-refractivity contribution in [3.8, 4) is 5.75 Å². The van der Waals surface area contributed by atoms with E-state index in [9.17, 15) is 0 Å². The van der Waals surface area contributed by atoms with Gasteiger partial charge in [-0.2, -0.15) is 0 Å². The van der Waals surface area contributed by atoms with Crippen molar-refractivity contribution < 1.29 is 4.74 Å². The van der Waals surface area contributed by atoms with Crippen LogP contribution in [0.3, 0.4) is 0 Å². The third-order valence-corrected chi connectivity index (χ3v) is 6.90. The van der Waals surface area contributed by atoms with Gasteiger partial charge in [-0.15, -0.1) is 0 Å². The summed E-state index contributed by atoms with van der Waals surface area (Å²) in [6.45, 7) is 3.08. The Morgan fingerprint density at radius 2 is 1.68 bits per heavy atom. The van der Waals surface area contributed by atoms with Gasteiger partial charge in [0.1, 0.15) is 17.3 Å². The minimum absolute atomic E-state index is 0.508. The van der Waals surface area contributed by atoms with Gasteiger partial charge in [0.15, 0.2) is 4.90 Å². The third-order valence-electron chi connectivity index (χ3n) is 4.41.